The molecule has 0 aliphatic rings. The van der Waals surface area contributed by atoms with Gasteiger partial charge < -0.3 is 10.1 Å². The van der Waals surface area contributed by atoms with E-state index in [0.717, 1.165) is 27.9 Å². The molecule has 1 N–H and O–H groups in total. The van der Waals surface area contributed by atoms with Crippen LogP contribution in [0.1, 0.15) is 5.56 Å². The van der Waals surface area contributed by atoms with Crippen LogP contribution in [0.25, 0.3) is 10.9 Å². The molecule has 0 atom stereocenters. The van der Waals surface area contributed by atoms with Gasteiger partial charge in [-0.2, -0.15) is 0 Å². The normalized spacial score (nSPS) is 10.3. The van der Waals surface area contributed by atoms with Crippen molar-refractivity contribution in [2.75, 3.05) is 5.32 Å². The Bertz CT molecular complexity index is 1020. The van der Waals surface area contributed by atoms with E-state index in [1.807, 2.05) is 72.8 Å². The van der Waals surface area contributed by atoms with E-state index in [9.17, 15) is 0 Å². The number of benzene rings is 3. The lowest BCUT2D eigenvalue weighted by Gasteiger charge is -2.11. The van der Waals surface area contributed by atoms with E-state index in [1.54, 1.807) is 0 Å². The Morgan fingerprint density at radius 3 is 2.41 bits per heavy atom. The van der Waals surface area contributed by atoms with Crippen LogP contribution in [0.2, 0.25) is 5.02 Å². The van der Waals surface area contributed by atoms with Crippen LogP contribution < -0.4 is 10.1 Å². The second-order valence-corrected chi connectivity index (χ2v) is 6.19. The fourth-order valence-electron chi connectivity index (χ4n) is 2.68. The fraction of sp³-hybridized carbons (Fsp3) is 0.0476. The van der Waals surface area contributed by atoms with E-state index in [2.05, 4.69) is 15.3 Å². The molecule has 0 saturated heterocycles. The maximum Gasteiger partial charge on any atom is 0.143 e. The molecule has 0 unspecified atom stereocenters. The lowest BCUT2D eigenvalue weighted by atomic mass is 10.2. The van der Waals surface area contributed by atoms with Gasteiger partial charge in [0.2, 0.25) is 0 Å². The van der Waals surface area contributed by atoms with E-state index >= 15 is 0 Å². The minimum atomic E-state index is 0. The predicted octanol–water partition coefficient (Wildman–Crippen LogP) is 6.03. The summed E-state index contributed by atoms with van der Waals surface area (Å²) in [4.78, 5) is 8.58. The summed E-state index contributed by atoms with van der Waals surface area (Å²) in [5.74, 6) is 1.49. The molecule has 1 aromatic heterocycles. The Morgan fingerprint density at radius 2 is 1.63 bits per heavy atom. The highest BCUT2D eigenvalue weighted by Crippen LogP contribution is 2.29. The van der Waals surface area contributed by atoms with E-state index in [4.69, 9.17) is 16.3 Å². The molecule has 0 amide bonds. The second kappa shape index (κ2) is 8.71. The van der Waals surface area contributed by atoms with Gasteiger partial charge in [-0.3, -0.25) is 0 Å². The zero-order chi connectivity index (χ0) is 17.8. The van der Waals surface area contributed by atoms with Crippen molar-refractivity contribution >= 4 is 46.4 Å². The fourth-order valence-corrected chi connectivity index (χ4v) is 2.93. The average Bonchev–Trinajstić information content (AvgIpc) is 2.69. The van der Waals surface area contributed by atoms with E-state index < -0.39 is 0 Å². The third kappa shape index (κ3) is 4.48. The van der Waals surface area contributed by atoms with E-state index in [0.29, 0.717) is 17.4 Å². The summed E-state index contributed by atoms with van der Waals surface area (Å²) in [6.07, 6.45) is 1.53. The van der Waals surface area contributed by atoms with Crippen LogP contribution in [0, 0.1) is 0 Å². The topological polar surface area (TPSA) is 47.0 Å². The van der Waals surface area contributed by atoms with Gasteiger partial charge in [-0.1, -0.05) is 48.0 Å². The van der Waals surface area contributed by atoms with Crippen molar-refractivity contribution in [2.24, 2.45) is 0 Å². The quantitative estimate of drug-likeness (QED) is 0.446. The molecule has 6 heteroatoms. The molecule has 4 nitrogen and oxygen atoms in total. The minimum absolute atomic E-state index is 0. The average molecular weight is 398 g/mol. The highest BCUT2D eigenvalue weighted by atomic mass is 35.5. The minimum Gasteiger partial charge on any atom is -0.489 e. The highest BCUT2D eigenvalue weighted by molar-refractivity contribution is 6.36. The Labute approximate surface area is 168 Å². The first kappa shape index (κ1) is 19.0. The summed E-state index contributed by atoms with van der Waals surface area (Å²) in [6, 6.07) is 23.5. The van der Waals surface area contributed by atoms with Crippen LogP contribution in [0.4, 0.5) is 11.5 Å². The molecule has 0 aliphatic carbocycles. The van der Waals surface area contributed by atoms with Gasteiger partial charge in [0.05, 0.1) is 15.9 Å². The SMILES string of the molecule is Cl.Clc1cccc2ncnc(Nc3ccc(OCc4ccccc4)cc3)c12. The molecule has 3 aromatic carbocycles. The number of aromatic nitrogens is 2. The molecule has 4 rings (SSSR count). The number of ether oxygens (including phenoxy) is 1. The molecule has 0 bridgehead atoms. The van der Waals surface area contributed by atoms with Crippen LogP contribution >= 0.6 is 24.0 Å². The number of hydrogen-bond acceptors (Lipinski definition) is 4. The molecule has 0 radical (unpaired) electrons. The Kier molecular flexibility index (Phi) is 6.12. The number of hydrogen-bond donors (Lipinski definition) is 1. The number of rotatable bonds is 5. The Hall–Kier alpha value is -2.82. The summed E-state index contributed by atoms with van der Waals surface area (Å²) in [5, 5.41) is 4.72. The van der Waals surface area contributed by atoms with Crippen LogP contribution in [-0.2, 0) is 6.61 Å². The van der Waals surface area contributed by atoms with Crippen LogP contribution in [0.3, 0.4) is 0 Å². The van der Waals surface area contributed by atoms with Gasteiger partial charge >= 0.3 is 0 Å². The molecule has 0 fully saturated rings. The first-order chi connectivity index (χ1) is 12.8. The largest absolute Gasteiger partial charge is 0.489 e. The first-order valence-electron chi connectivity index (χ1n) is 8.23. The summed E-state index contributed by atoms with van der Waals surface area (Å²) >= 11 is 6.31. The maximum absolute atomic E-state index is 6.31. The van der Waals surface area contributed by atoms with Crippen molar-refractivity contribution in [1.82, 2.24) is 9.97 Å². The zero-order valence-electron chi connectivity index (χ0n) is 14.3. The van der Waals surface area contributed by atoms with Crippen LogP contribution in [0.5, 0.6) is 5.75 Å². The van der Waals surface area contributed by atoms with Gasteiger partial charge in [0.1, 0.15) is 24.5 Å². The van der Waals surface area contributed by atoms with Gasteiger partial charge in [0.25, 0.3) is 0 Å². The summed E-state index contributed by atoms with van der Waals surface area (Å²) in [6.45, 7) is 0.541. The zero-order valence-corrected chi connectivity index (χ0v) is 15.9. The lowest BCUT2D eigenvalue weighted by molar-refractivity contribution is 0.306. The van der Waals surface area contributed by atoms with E-state index in [-0.39, 0.29) is 12.4 Å². The molecular weight excluding hydrogens is 381 g/mol. The molecule has 4 aromatic rings. The Morgan fingerprint density at radius 1 is 0.852 bits per heavy atom. The predicted molar refractivity (Wildman–Crippen MR) is 112 cm³/mol. The van der Waals surface area contributed by atoms with Crippen LogP contribution in [-0.4, -0.2) is 9.97 Å². The lowest BCUT2D eigenvalue weighted by Crippen LogP contribution is -1.97. The van der Waals surface area contributed by atoms with Gasteiger partial charge in [-0.15, -0.1) is 12.4 Å². The molecule has 1 heterocycles. The molecule has 0 aliphatic heterocycles. The molecule has 136 valence electrons. The van der Waals surface area contributed by atoms with Crippen molar-refractivity contribution in [3.05, 3.63) is 89.7 Å². The van der Waals surface area contributed by atoms with Gasteiger partial charge in [0, 0.05) is 5.69 Å². The van der Waals surface area contributed by atoms with Gasteiger partial charge in [0.15, 0.2) is 0 Å². The molecule has 27 heavy (non-hydrogen) atoms. The van der Waals surface area contributed by atoms with Crippen molar-refractivity contribution in [3.8, 4) is 5.75 Å². The van der Waals surface area contributed by atoms with Gasteiger partial charge in [-0.05, 0) is 42.0 Å². The van der Waals surface area contributed by atoms with Gasteiger partial charge in [-0.25, -0.2) is 9.97 Å². The van der Waals surface area contributed by atoms with E-state index in [1.165, 1.54) is 6.33 Å². The van der Waals surface area contributed by atoms with Crippen molar-refractivity contribution in [1.29, 1.82) is 0 Å². The number of fused-ring (bicyclic) bond motifs is 1. The smallest absolute Gasteiger partial charge is 0.143 e. The second-order valence-electron chi connectivity index (χ2n) is 5.78. The standard InChI is InChI=1S/C21H16ClN3O.ClH/c22-18-7-4-8-19-20(18)21(24-14-23-19)25-16-9-11-17(12-10-16)26-13-15-5-2-1-3-6-15;/h1-12,14H,13H2,(H,23,24,25);1H. The third-order valence-electron chi connectivity index (χ3n) is 3.98. The monoisotopic (exact) mass is 397 g/mol. The summed E-state index contributed by atoms with van der Waals surface area (Å²) in [7, 11) is 0. The van der Waals surface area contributed by atoms with Crippen molar-refractivity contribution in [3.63, 3.8) is 0 Å². The van der Waals surface area contributed by atoms with Crippen molar-refractivity contribution in [2.45, 2.75) is 6.61 Å². The number of nitrogens with one attached hydrogen (secondary N) is 1. The molecule has 0 saturated carbocycles. The number of anilines is 2. The molecule has 0 spiro atoms. The summed E-state index contributed by atoms with van der Waals surface area (Å²) < 4.78 is 5.81. The molecular formula is C21H17Cl2N3O. The number of halogens is 2. The first-order valence-corrected chi connectivity index (χ1v) is 8.60. The number of nitrogens with zero attached hydrogens (tertiary/aromatic N) is 2. The Balaban J connectivity index is 0.00000210. The van der Waals surface area contributed by atoms with Crippen LogP contribution in [0.15, 0.2) is 79.1 Å². The maximum atomic E-state index is 6.31. The summed E-state index contributed by atoms with van der Waals surface area (Å²) in [5.41, 5.74) is 2.84. The third-order valence-corrected chi connectivity index (χ3v) is 4.29. The highest BCUT2D eigenvalue weighted by Gasteiger charge is 2.08. The van der Waals surface area contributed by atoms with Crippen molar-refractivity contribution < 1.29 is 4.74 Å².